The molecule has 2 aromatic rings. The summed E-state index contributed by atoms with van der Waals surface area (Å²) in [6, 6.07) is 12.4. The van der Waals surface area contributed by atoms with Gasteiger partial charge in [-0.15, -0.1) is 0 Å². The monoisotopic (exact) mass is 397 g/mol. The van der Waals surface area contributed by atoms with Crippen LogP contribution in [-0.2, 0) is 17.8 Å². The number of hydrogen-bond donors (Lipinski definition) is 0. The van der Waals surface area contributed by atoms with Crippen molar-refractivity contribution in [2.75, 3.05) is 0 Å². The van der Waals surface area contributed by atoms with Gasteiger partial charge in [0.1, 0.15) is 5.69 Å². The average Bonchev–Trinajstić information content (AvgIpc) is 2.69. The third-order valence-electron chi connectivity index (χ3n) is 5.11. The summed E-state index contributed by atoms with van der Waals surface area (Å²) in [5.41, 5.74) is 3.77. The maximum absolute atomic E-state index is 11.7. The summed E-state index contributed by atoms with van der Waals surface area (Å²) in [5, 5.41) is 1.31. The Labute approximate surface area is 171 Å². The predicted molar refractivity (Wildman–Crippen MR) is 120 cm³/mol. The average molecular weight is 398 g/mol. The molecule has 2 rings (SSSR count). The Morgan fingerprint density at radius 2 is 1.82 bits per heavy atom. The van der Waals surface area contributed by atoms with Crippen LogP contribution in [0.3, 0.4) is 0 Å². The predicted octanol–water partition coefficient (Wildman–Crippen LogP) is 5.84. The number of unbranched alkanes of at least 4 members (excludes halogenated alkanes) is 3. The molecular weight excluding hydrogens is 362 g/mol. The highest BCUT2D eigenvalue weighted by atomic mass is 28.3. The van der Waals surface area contributed by atoms with Crippen LogP contribution in [-0.4, -0.2) is 19.3 Å². The van der Waals surface area contributed by atoms with E-state index in [9.17, 15) is 4.79 Å². The zero-order chi connectivity index (χ0) is 20.6. The Kier molecular flexibility index (Phi) is 8.58. The molecule has 0 unspecified atom stereocenters. The fourth-order valence-corrected chi connectivity index (χ4v) is 5.05. The lowest BCUT2D eigenvalue weighted by molar-refractivity contribution is 0.0503. The first-order valence-corrected chi connectivity index (χ1v) is 14.0. The second kappa shape index (κ2) is 10.7. The molecule has 4 heteroatoms. The van der Waals surface area contributed by atoms with Crippen LogP contribution in [0.1, 0.15) is 72.9 Å². The normalized spacial score (nSPS) is 12.8. The maximum Gasteiger partial charge on any atom is 0.168 e. The summed E-state index contributed by atoms with van der Waals surface area (Å²) >= 11 is 0. The molecule has 1 aromatic heterocycles. The lowest BCUT2D eigenvalue weighted by Crippen LogP contribution is -2.42. The molecule has 1 heterocycles. The minimum absolute atomic E-state index is 0.144. The topological polar surface area (TPSA) is 39.2 Å². The maximum atomic E-state index is 11.7. The van der Waals surface area contributed by atoms with Gasteiger partial charge in [0.05, 0.1) is 26.5 Å². The lowest BCUT2D eigenvalue weighted by atomic mass is 10.0. The molecule has 0 aliphatic rings. The highest BCUT2D eigenvalue weighted by Crippen LogP contribution is 2.21. The van der Waals surface area contributed by atoms with Crippen LogP contribution < -0.4 is 5.19 Å². The molecule has 1 aromatic carbocycles. The number of carbonyl (C=O) groups is 1. The molecule has 0 fully saturated rings. The van der Waals surface area contributed by atoms with Crippen LogP contribution in [0.15, 0.2) is 36.4 Å². The first kappa shape index (κ1) is 22.5. The second-order valence-corrected chi connectivity index (χ2v) is 13.6. The van der Waals surface area contributed by atoms with Crippen LogP contribution >= 0.6 is 0 Å². The zero-order valence-corrected chi connectivity index (χ0v) is 19.1. The van der Waals surface area contributed by atoms with Crippen LogP contribution in [0.5, 0.6) is 0 Å². The van der Waals surface area contributed by atoms with Crippen molar-refractivity contribution in [1.82, 2.24) is 4.98 Å². The number of benzene rings is 1. The van der Waals surface area contributed by atoms with Gasteiger partial charge in [0.15, 0.2) is 6.29 Å². The lowest BCUT2D eigenvalue weighted by Gasteiger charge is -2.25. The Hall–Kier alpha value is -1.78. The van der Waals surface area contributed by atoms with Gasteiger partial charge in [-0.05, 0) is 36.1 Å². The summed E-state index contributed by atoms with van der Waals surface area (Å²) in [5.74, 6) is 0. The van der Waals surface area contributed by atoms with Crippen LogP contribution in [0.25, 0.3) is 0 Å². The first-order valence-electron chi connectivity index (χ1n) is 10.5. The fourth-order valence-electron chi connectivity index (χ4n) is 3.41. The highest BCUT2D eigenvalue weighted by molar-refractivity contribution is 6.89. The van der Waals surface area contributed by atoms with E-state index in [1.165, 1.54) is 24.4 Å². The Bertz CT molecular complexity index is 753. The number of pyridine rings is 1. The molecule has 0 saturated carbocycles. The largest absolute Gasteiger partial charge is 0.368 e. The van der Waals surface area contributed by atoms with E-state index < -0.39 is 8.07 Å². The van der Waals surface area contributed by atoms with Gasteiger partial charge in [-0.2, -0.15) is 0 Å². The highest BCUT2D eigenvalue weighted by Gasteiger charge is 2.26. The van der Waals surface area contributed by atoms with E-state index in [2.05, 4.69) is 44.8 Å². The zero-order valence-electron chi connectivity index (χ0n) is 18.1. The van der Waals surface area contributed by atoms with Gasteiger partial charge in [-0.25, -0.2) is 4.98 Å². The smallest absolute Gasteiger partial charge is 0.168 e. The summed E-state index contributed by atoms with van der Waals surface area (Å²) in [7, 11) is -1.63. The van der Waals surface area contributed by atoms with Gasteiger partial charge in [0.2, 0.25) is 0 Å². The van der Waals surface area contributed by atoms with Crippen molar-refractivity contribution < 1.29 is 9.53 Å². The molecule has 1 atom stereocenters. The van der Waals surface area contributed by atoms with Crippen LogP contribution in [0, 0.1) is 0 Å². The molecule has 152 valence electrons. The standard InChI is InChI=1S/C24H35NO2Si/c1-6-7-8-12-15-21-16-23(28(3,4)5)24(25-22(21)17-26)19(2)27-18-20-13-10-9-11-14-20/h9-11,13-14,16-17,19H,6-8,12,15,18H2,1-5H3/t19-/m0/s1. The molecule has 28 heavy (non-hydrogen) atoms. The van der Waals surface area contributed by atoms with E-state index in [0.29, 0.717) is 12.3 Å². The van der Waals surface area contributed by atoms with Gasteiger partial charge >= 0.3 is 0 Å². The summed E-state index contributed by atoms with van der Waals surface area (Å²) in [6.07, 6.45) is 6.47. The number of nitrogens with zero attached hydrogens (tertiary/aromatic N) is 1. The Morgan fingerprint density at radius 1 is 1.11 bits per heavy atom. The molecule has 0 aliphatic carbocycles. The molecule has 0 aliphatic heterocycles. The van der Waals surface area contributed by atoms with E-state index in [0.717, 1.165) is 35.9 Å². The van der Waals surface area contributed by atoms with Crippen LogP contribution in [0.2, 0.25) is 19.6 Å². The van der Waals surface area contributed by atoms with Crippen molar-refractivity contribution in [3.63, 3.8) is 0 Å². The molecule has 0 bridgehead atoms. The number of carbonyl (C=O) groups excluding carboxylic acids is 1. The SMILES string of the molecule is CCCCCCc1cc([Si](C)(C)C)c([C@H](C)OCc2ccccc2)nc1C=O. The molecule has 0 radical (unpaired) electrons. The number of ether oxygens (including phenoxy) is 1. The third kappa shape index (κ3) is 6.38. The number of aromatic nitrogens is 1. The van der Waals surface area contributed by atoms with E-state index in [1.807, 2.05) is 25.1 Å². The Morgan fingerprint density at radius 3 is 2.43 bits per heavy atom. The van der Waals surface area contributed by atoms with Gasteiger partial charge in [0.25, 0.3) is 0 Å². The van der Waals surface area contributed by atoms with Gasteiger partial charge < -0.3 is 4.74 Å². The quantitative estimate of drug-likeness (QED) is 0.272. The van der Waals surface area contributed by atoms with E-state index >= 15 is 0 Å². The van der Waals surface area contributed by atoms with Crippen molar-refractivity contribution in [2.45, 2.75) is 78.3 Å². The fraction of sp³-hybridized carbons (Fsp3) is 0.500. The summed E-state index contributed by atoms with van der Waals surface area (Å²) in [6.45, 7) is 11.8. The van der Waals surface area contributed by atoms with Crippen LogP contribution in [0.4, 0.5) is 0 Å². The van der Waals surface area contributed by atoms with E-state index in [1.54, 1.807) is 0 Å². The van der Waals surface area contributed by atoms with Gasteiger partial charge in [-0.1, -0.05) is 82.2 Å². The molecule has 0 N–H and O–H groups in total. The van der Waals surface area contributed by atoms with Crippen molar-refractivity contribution >= 4 is 19.5 Å². The number of aldehydes is 1. The second-order valence-electron chi connectivity index (χ2n) is 8.58. The molecular formula is C24H35NO2Si. The minimum atomic E-state index is -1.63. The van der Waals surface area contributed by atoms with Crippen molar-refractivity contribution in [3.8, 4) is 0 Å². The molecule has 0 spiro atoms. The van der Waals surface area contributed by atoms with E-state index in [-0.39, 0.29) is 6.10 Å². The van der Waals surface area contributed by atoms with Gasteiger partial charge in [0, 0.05) is 0 Å². The molecule has 0 amide bonds. The summed E-state index contributed by atoms with van der Waals surface area (Å²) in [4.78, 5) is 16.5. The number of rotatable bonds is 11. The number of hydrogen-bond acceptors (Lipinski definition) is 3. The number of aryl methyl sites for hydroxylation is 1. The third-order valence-corrected chi connectivity index (χ3v) is 7.13. The van der Waals surface area contributed by atoms with Crippen molar-refractivity contribution in [2.24, 2.45) is 0 Å². The Balaban J connectivity index is 2.26. The van der Waals surface area contributed by atoms with Gasteiger partial charge in [-0.3, -0.25) is 4.79 Å². The van der Waals surface area contributed by atoms with Crippen molar-refractivity contribution in [3.05, 3.63) is 58.9 Å². The minimum Gasteiger partial charge on any atom is -0.368 e. The molecule has 0 saturated heterocycles. The first-order chi connectivity index (χ1) is 13.4. The summed E-state index contributed by atoms with van der Waals surface area (Å²) < 4.78 is 6.15. The van der Waals surface area contributed by atoms with Crippen molar-refractivity contribution in [1.29, 1.82) is 0 Å². The van der Waals surface area contributed by atoms with E-state index in [4.69, 9.17) is 9.72 Å². The molecule has 3 nitrogen and oxygen atoms in total.